The fraction of sp³-hybridized carbons (Fsp3) is 0.200. The molecule has 0 bridgehead atoms. The second-order valence-electron chi connectivity index (χ2n) is 3.29. The van der Waals surface area contributed by atoms with Crippen molar-refractivity contribution in [3.63, 3.8) is 0 Å². The summed E-state index contributed by atoms with van der Waals surface area (Å²) in [6.45, 7) is 11.7. The standard InChI is InChI=1S/C15H20/c1-5-7-8-12-15(4)13-10-9-11-14(3)6-2/h5-12H,2,4,13H2,1,3H3/b7-5-,10-9-,12-8-,14-11-. The fourth-order valence-electron chi connectivity index (χ4n) is 0.878. The Balaban J connectivity index is 3.95. The van der Waals surface area contributed by atoms with Crippen LogP contribution >= 0.6 is 0 Å². The molecule has 0 atom stereocenters. The van der Waals surface area contributed by atoms with Crippen LogP contribution in [0, 0.1) is 0 Å². The van der Waals surface area contributed by atoms with Gasteiger partial charge in [-0.2, -0.15) is 0 Å². The van der Waals surface area contributed by atoms with Crippen LogP contribution in [0.15, 0.2) is 72.9 Å². The molecule has 0 fully saturated rings. The molecular weight excluding hydrogens is 180 g/mol. The van der Waals surface area contributed by atoms with Crippen molar-refractivity contribution in [2.75, 3.05) is 0 Å². The van der Waals surface area contributed by atoms with Gasteiger partial charge in [-0.15, -0.1) is 0 Å². The SMILES string of the molecule is C=C/C(C)=C\C=C/CC(=C)/C=C\C=C/C. The van der Waals surface area contributed by atoms with Crippen molar-refractivity contribution >= 4 is 0 Å². The summed E-state index contributed by atoms with van der Waals surface area (Å²) >= 11 is 0. The third-order valence-electron chi connectivity index (χ3n) is 1.83. The van der Waals surface area contributed by atoms with Crippen LogP contribution in [0.1, 0.15) is 20.3 Å². The first-order chi connectivity index (χ1) is 7.20. The van der Waals surface area contributed by atoms with E-state index in [-0.39, 0.29) is 0 Å². The van der Waals surface area contributed by atoms with Gasteiger partial charge in [-0.25, -0.2) is 0 Å². The van der Waals surface area contributed by atoms with Gasteiger partial charge in [0.05, 0.1) is 0 Å². The molecule has 0 aliphatic heterocycles. The zero-order valence-corrected chi connectivity index (χ0v) is 9.74. The van der Waals surface area contributed by atoms with Gasteiger partial charge < -0.3 is 0 Å². The van der Waals surface area contributed by atoms with Gasteiger partial charge in [0.15, 0.2) is 0 Å². The van der Waals surface area contributed by atoms with Crippen LogP contribution in [-0.4, -0.2) is 0 Å². The lowest BCUT2D eigenvalue weighted by atomic mass is 10.2. The zero-order valence-electron chi connectivity index (χ0n) is 9.74. The van der Waals surface area contributed by atoms with E-state index in [1.807, 2.05) is 56.4 Å². The van der Waals surface area contributed by atoms with Crippen LogP contribution in [0.25, 0.3) is 0 Å². The minimum Gasteiger partial charge on any atom is -0.0988 e. The summed E-state index contributed by atoms with van der Waals surface area (Å²) in [5, 5.41) is 0. The van der Waals surface area contributed by atoms with Crippen molar-refractivity contribution in [1.82, 2.24) is 0 Å². The van der Waals surface area contributed by atoms with Gasteiger partial charge in [-0.1, -0.05) is 72.9 Å². The van der Waals surface area contributed by atoms with E-state index in [0.29, 0.717) is 0 Å². The van der Waals surface area contributed by atoms with E-state index >= 15 is 0 Å². The van der Waals surface area contributed by atoms with E-state index in [4.69, 9.17) is 0 Å². The van der Waals surface area contributed by atoms with Gasteiger partial charge in [0, 0.05) is 0 Å². The van der Waals surface area contributed by atoms with E-state index in [2.05, 4.69) is 19.2 Å². The van der Waals surface area contributed by atoms with E-state index in [0.717, 1.165) is 12.0 Å². The molecule has 0 unspecified atom stereocenters. The molecule has 15 heavy (non-hydrogen) atoms. The predicted molar refractivity (Wildman–Crippen MR) is 70.8 cm³/mol. The maximum Gasteiger partial charge on any atom is -0.0100 e. The second-order valence-corrected chi connectivity index (χ2v) is 3.29. The average molecular weight is 200 g/mol. The largest absolute Gasteiger partial charge is 0.0988 e. The molecular formula is C15H20. The molecule has 0 aliphatic rings. The van der Waals surface area contributed by atoms with Crippen LogP contribution in [0.2, 0.25) is 0 Å². The van der Waals surface area contributed by atoms with E-state index in [1.54, 1.807) is 0 Å². The van der Waals surface area contributed by atoms with Gasteiger partial charge >= 0.3 is 0 Å². The highest BCUT2D eigenvalue weighted by Crippen LogP contribution is 2.02. The highest BCUT2D eigenvalue weighted by atomic mass is 13.9. The number of allylic oxidation sites excluding steroid dienone is 10. The quantitative estimate of drug-likeness (QED) is 0.543. The smallest absolute Gasteiger partial charge is 0.0100 e. The molecule has 0 saturated heterocycles. The van der Waals surface area contributed by atoms with Crippen molar-refractivity contribution in [3.8, 4) is 0 Å². The van der Waals surface area contributed by atoms with Crippen molar-refractivity contribution in [2.45, 2.75) is 20.3 Å². The maximum absolute atomic E-state index is 3.95. The summed E-state index contributed by atoms with van der Waals surface area (Å²) in [6, 6.07) is 0. The minimum atomic E-state index is 0.884. The van der Waals surface area contributed by atoms with Crippen molar-refractivity contribution in [3.05, 3.63) is 72.9 Å². The Labute approximate surface area is 93.7 Å². The highest BCUT2D eigenvalue weighted by molar-refractivity contribution is 5.24. The molecule has 0 aromatic heterocycles. The third-order valence-corrected chi connectivity index (χ3v) is 1.83. The molecule has 0 heterocycles. The molecule has 0 radical (unpaired) electrons. The lowest BCUT2D eigenvalue weighted by molar-refractivity contribution is 1.30. The minimum absolute atomic E-state index is 0.884. The number of rotatable bonds is 6. The van der Waals surface area contributed by atoms with Gasteiger partial charge in [0.1, 0.15) is 0 Å². The summed E-state index contributed by atoms with van der Waals surface area (Å²) in [4.78, 5) is 0. The maximum atomic E-state index is 3.95. The first kappa shape index (κ1) is 13.4. The van der Waals surface area contributed by atoms with Crippen LogP contribution in [0.4, 0.5) is 0 Å². The Morgan fingerprint density at radius 3 is 2.53 bits per heavy atom. The van der Waals surface area contributed by atoms with E-state index in [9.17, 15) is 0 Å². The molecule has 0 nitrogen and oxygen atoms in total. The molecule has 0 amide bonds. The summed E-state index contributed by atoms with van der Waals surface area (Å²) in [5.74, 6) is 0. The fourth-order valence-corrected chi connectivity index (χ4v) is 0.878. The van der Waals surface area contributed by atoms with Crippen LogP contribution < -0.4 is 0 Å². The average Bonchev–Trinajstić information content (AvgIpc) is 2.24. The van der Waals surface area contributed by atoms with Gasteiger partial charge in [0.25, 0.3) is 0 Å². The molecule has 80 valence electrons. The molecule has 0 aromatic rings. The molecule has 0 rings (SSSR count). The first-order valence-electron chi connectivity index (χ1n) is 5.13. The second kappa shape index (κ2) is 9.01. The Hall–Kier alpha value is -1.56. The zero-order chi connectivity index (χ0) is 11.5. The van der Waals surface area contributed by atoms with Crippen molar-refractivity contribution in [1.29, 1.82) is 0 Å². The molecule has 0 heteroatoms. The topological polar surface area (TPSA) is 0 Å². The Kier molecular flexibility index (Phi) is 8.08. The Bertz CT molecular complexity index is 309. The van der Waals surface area contributed by atoms with E-state index in [1.165, 1.54) is 5.57 Å². The number of hydrogen-bond acceptors (Lipinski definition) is 0. The van der Waals surface area contributed by atoms with Crippen LogP contribution in [0.3, 0.4) is 0 Å². The molecule has 0 N–H and O–H groups in total. The van der Waals surface area contributed by atoms with Crippen LogP contribution in [0.5, 0.6) is 0 Å². The van der Waals surface area contributed by atoms with Gasteiger partial charge in [-0.05, 0) is 20.3 Å². The summed E-state index contributed by atoms with van der Waals surface area (Å²) in [5.41, 5.74) is 2.27. The molecule has 0 spiro atoms. The summed E-state index contributed by atoms with van der Waals surface area (Å²) in [7, 11) is 0. The monoisotopic (exact) mass is 200 g/mol. The van der Waals surface area contributed by atoms with Crippen molar-refractivity contribution in [2.24, 2.45) is 0 Å². The highest BCUT2D eigenvalue weighted by Gasteiger charge is 1.82. The summed E-state index contributed by atoms with van der Waals surface area (Å²) in [6.07, 6.45) is 16.9. The summed E-state index contributed by atoms with van der Waals surface area (Å²) < 4.78 is 0. The third kappa shape index (κ3) is 8.76. The first-order valence-corrected chi connectivity index (χ1v) is 5.13. The normalized spacial score (nSPS) is 13.1. The molecule has 0 aromatic carbocycles. The van der Waals surface area contributed by atoms with Crippen LogP contribution in [-0.2, 0) is 0 Å². The van der Waals surface area contributed by atoms with E-state index < -0.39 is 0 Å². The number of hydrogen-bond donors (Lipinski definition) is 0. The lowest BCUT2D eigenvalue weighted by Gasteiger charge is -1.91. The lowest BCUT2D eigenvalue weighted by Crippen LogP contribution is -1.71. The predicted octanol–water partition coefficient (Wildman–Crippen LogP) is 4.75. The Morgan fingerprint density at radius 2 is 1.93 bits per heavy atom. The molecule has 0 aliphatic carbocycles. The van der Waals surface area contributed by atoms with Gasteiger partial charge in [-0.3, -0.25) is 0 Å². The molecule has 0 saturated carbocycles. The Morgan fingerprint density at radius 1 is 1.20 bits per heavy atom. The van der Waals surface area contributed by atoms with Gasteiger partial charge in [0.2, 0.25) is 0 Å². The van der Waals surface area contributed by atoms with Crippen molar-refractivity contribution < 1.29 is 0 Å².